The zero-order valence-corrected chi connectivity index (χ0v) is 16.6. The molecular formula is C22H26N2O4. The van der Waals surface area contributed by atoms with Gasteiger partial charge in [-0.1, -0.05) is 51.1 Å². The van der Waals surface area contributed by atoms with Crippen molar-refractivity contribution in [1.29, 1.82) is 0 Å². The van der Waals surface area contributed by atoms with Crippen molar-refractivity contribution >= 4 is 17.8 Å². The van der Waals surface area contributed by atoms with E-state index in [2.05, 4.69) is 30.8 Å². The summed E-state index contributed by atoms with van der Waals surface area (Å²) in [6.07, 6.45) is 0.280. The predicted molar refractivity (Wildman–Crippen MR) is 107 cm³/mol. The number of benzene rings is 2. The Morgan fingerprint density at radius 1 is 1.04 bits per heavy atom. The van der Waals surface area contributed by atoms with Crippen LogP contribution in [0.4, 0.5) is 0 Å². The van der Waals surface area contributed by atoms with Gasteiger partial charge in [-0.2, -0.15) is 0 Å². The number of methoxy groups -OCH3 is 1. The molecule has 6 nitrogen and oxygen atoms in total. The van der Waals surface area contributed by atoms with Crippen LogP contribution in [0.15, 0.2) is 48.5 Å². The van der Waals surface area contributed by atoms with E-state index in [4.69, 9.17) is 5.73 Å². The van der Waals surface area contributed by atoms with E-state index in [9.17, 15) is 14.4 Å². The lowest BCUT2D eigenvalue weighted by Gasteiger charge is -2.20. The van der Waals surface area contributed by atoms with Gasteiger partial charge in [0.05, 0.1) is 12.7 Å². The van der Waals surface area contributed by atoms with Crippen LogP contribution in [0, 0.1) is 0 Å². The molecule has 2 aromatic carbocycles. The first kappa shape index (κ1) is 21.2. The lowest BCUT2D eigenvalue weighted by molar-refractivity contribution is -0.119. The largest absolute Gasteiger partial charge is 0.465 e. The molecule has 148 valence electrons. The third kappa shape index (κ3) is 5.42. The standard InChI is InChI=1S/C22H26N2O4/c1-22(2,3)17-10-8-14(9-11-17)12-18(19(23)25)24-20(26)15-6-5-7-16(13-15)21(27)28-4/h5-11,13,18H,12H2,1-4H3,(H2,23,25)(H,24,26)/t18-/m0/s1. The van der Waals surface area contributed by atoms with Crippen molar-refractivity contribution in [3.63, 3.8) is 0 Å². The zero-order chi connectivity index (χ0) is 20.9. The first-order chi connectivity index (χ1) is 13.1. The number of carbonyl (C=O) groups excluding carboxylic acids is 3. The van der Waals surface area contributed by atoms with E-state index >= 15 is 0 Å². The van der Waals surface area contributed by atoms with Crippen LogP contribution < -0.4 is 11.1 Å². The van der Waals surface area contributed by atoms with Crippen molar-refractivity contribution in [2.45, 2.75) is 38.6 Å². The van der Waals surface area contributed by atoms with E-state index in [1.54, 1.807) is 18.2 Å². The molecule has 1 atom stereocenters. The van der Waals surface area contributed by atoms with Crippen molar-refractivity contribution in [1.82, 2.24) is 5.32 Å². The summed E-state index contributed by atoms with van der Waals surface area (Å²) in [5, 5.41) is 2.64. The van der Waals surface area contributed by atoms with Crippen LogP contribution in [-0.4, -0.2) is 30.9 Å². The minimum absolute atomic E-state index is 0.0283. The fraction of sp³-hybridized carbons (Fsp3) is 0.318. The van der Waals surface area contributed by atoms with E-state index in [1.807, 2.05) is 24.3 Å². The van der Waals surface area contributed by atoms with E-state index in [1.165, 1.54) is 18.7 Å². The third-order valence-corrected chi connectivity index (χ3v) is 4.45. The summed E-state index contributed by atoms with van der Waals surface area (Å²) in [6, 6.07) is 13.1. The Hall–Kier alpha value is -3.15. The molecule has 0 spiro atoms. The lowest BCUT2D eigenvalue weighted by atomic mass is 9.86. The summed E-state index contributed by atoms with van der Waals surface area (Å²) in [7, 11) is 1.27. The van der Waals surface area contributed by atoms with Crippen LogP contribution in [-0.2, 0) is 21.4 Å². The molecule has 0 saturated carbocycles. The van der Waals surface area contributed by atoms with Gasteiger partial charge >= 0.3 is 5.97 Å². The molecule has 28 heavy (non-hydrogen) atoms. The van der Waals surface area contributed by atoms with Crippen LogP contribution >= 0.6 is 0 Å². The molecule has 0 unspecified atom stereocenters. The molecule has 0 fully saturated rings. The number of nitrogens with two attached hydrogens (primary N) is 1. The molecule has 3 N–H and O–H groups in total. The van der Waals surface area contributed by atoms with Gasteiger partial charge in [0, 0.05) is 12.0 Å². The fourth-order valence-corrected chi connectivity index (χ4v) is 2.75. The topological polar surface area (TPSA) is 98.5 Å². The second kappa shape index (κ2) is 8.69. The summed E-state index contributed by atoms with van der Waals surface area (Å²) >= 11 is 0. The maximum atomic E-state index is 12.5. The van der Waals surface area contributed by atoms with Crippen LogP contribution in [0.25, 0.3) is 0 Å². The van der Waals surface area contributed by atoms with Gasteiger partial charge in [0.2, 0.25) is 5.91 Å². The highest BCUT2D eigenvalue weighted by Gasteiger charge is 2.21. The average Bonchev–Trinajstić information content (AvgIpc) is 2.66. The van der Waals surface area contributed by atoms with E-state index in [0.29, 0.717) is 0 Å². The van der Waals surface area contributed by atoms with Gasteiger partial charge in [-0.05, 0) is 34.7 Å². The van der Waals surface area contributed by atoms with Gasteiger partial charge in [0.25, 0.3) is 5.91 Å². The van der Waals surface area contributed by atoms with E-state index in [0.717, 1.165) is 5.56 Å². The SMILES string of the molecule is COC(=O)c1cccc(C(=O)N[C@@H](Cc2ccc(C(C)(C)C)cc2)C(N)=O)c1. The fourth-order valence-electron chi connectivity index (χ4n) is 2.75. The maximum Gasteiger partial charge on any atom is 0.337 e. The number of ether oxygens (including phenoxy) is 1. The van der Waals surface area contributed by atoms with Gasteiger partial charge in [-0.15, -0.1) is 0 Å². The van der Waals surface area contributed by atoms with Crippen LogP contribution in [0.5, 0.6) is 0 Å². The number of primary amides is 1. The van der Waals surface area contributed by atoms with Crippen molar-refractivity contribution in [2.75, 3.05) is 7.11 Å². The second-order valence-corrected chi connectivity index (χ2v) is 7.65. The Morgan fingerprint density at radius 3 is 2.18 bits per heavy atom. The molecule has 0 bridgehead atoms. The summed E-state index contributed by atoms with van der Waals surface area (Å²) < 4.78 is 4.66. The van der Waals surface area contributed by atoms with Gasteiger partial charge in [0.15, 0.2) is 0 Å². The molecule has 0 aliphatic heterocycles. The molecular weight excluding hydrogens is 356 g/mol. The Kier molecular flexibility index (Phi) is 6.57. The minimum Gasteiger partial charge on any atom is -0.465 e. The molecule has 0 aliphatic rings. The molecule has 0 saturated heterocycles. The molecule has 0 aromatic heterocycles. The van der Waals surface area contributed by atoms with Crippen LogP contribution in [0.1, 0.15) is 52.6 Å². The molecule has 2 amide bonds. The van der Waals surface area contributed by atoms with Gasteiger partial charge in [0.1, 0.15) is 6.04 Å². The van der Waals surface area contributed by atoms with Gasteiger partial charge < -0.3 is 15.8 Å². The van der Waals surface area contributed by atoms with Crippen molar-refractivity contribution in [2.24, 2.45) is 5.73 Å². The Balaban J connectivity index is 2.14. The van der Waals surface area contributed by atoms with E-state index in [-0.39, 0.29) is 23.0 Å². The lowest BCUT2D eigenvalue weighted by Crippen LogP contribution is -2.45. The summed E-state index contributed by atoms with van der Waals surface area (Å²) in [5.41, 5.74) is 8.08. The smallest absolute Gasteiger partial charge is 0.337 e. The summed E-state index contributed by atoms with van der Waals surface area (Å²) in [5.74, 6) is -1.65. The maximum absolute atomic E-state index is 12.5. The average molecular weight is 382 g/mol. The predicted octanol–water partition coefficient (Wildman–Crippen LogP) is 2.60. The number of hydrogen-bond donors (Lipinski definition) is 2. The number of rotatable bonds is 6. The summed E-state index contributed by atoms with van der Waals surface area (Å²) in [6.45, 7) is 6.37. The number of carbonyl (C=O) groups is 3. The van der Waals surface area contributed by atoms with Gasteiger partial charge in [-0.25, -0.2) is 4.79 Å². The molecule has 6 heteroatoms. The van der Waals surface area contributed by atoms with Gasteiger partial charge in [-0.3, -0.25) is 9.59 Å². The highest BCUT2D eigenvalue weighted by atomic mass is 16.5. The van der Waals surface area contributed by atoms with Crippen LogP contribution in [0.3, 0.4) is 0 Å². The number of hydrogen-bond acceptors (Lipinski definition) is 4. The Morgan fingerprint density at radius 2 is 1.64 bits per heavy atom. The molecule has 0 heterocycles. The Bertz CT molecular complexity index is 867. The molecule has 0 radical (unpaired) electrons. The normalized spacial score (nSPS) is 12.1. The van der Waals surface area contributed by atoms with Crippen molar-refractivity contribution < 1.29 is 19.1 Å². The quantitative estimate of drug-likeness (QED) is 0.750. The number of nitrogens with one attached hydrogen (secondary N) is 1. The molecule has 2 aromatic rings. The third-order valence-electron chi connectivity index (χ3n) is 4.45. The first-order valence-electron chi connectivity index (χ1n) is 9.00. The number of amides is 2. The zero-order valence-electron chi connectivity index (χ0n) is 16.6. The Labute approximate surface area is 165 Å². The van der Waals surface area contributed by atoms with Crippen molar-refractivity contribution in [3.05, 3.63) is 70.8 Å². The van der Waals surface area contributed by atoms with Crippen molar-refractivity contribution in [3.8, 4) is 0 Å². The van der Waals surface area contributed by atoms with E-state index < -0.39 is 23.8 Å². The second-order valence-electron chi connectivity index (χ2n) is 7.65. The highest BCUT2D eigenvalue weighted by Crippen LogP contribution is 2.22. The number of esters is 1. The monoisotopic (exact) mass is 382 g/mol. The highest BCUT2D eigenvalue weighted by molar-refractivity contribution is 5.99. The molecule has 0 aliphatic carbocycles. The van der Waals surface area contributed by atoms with Crippen LogP contribution in [0.2, 0.25) is 0 Å². The summed E-state index contributed by atoms with van der Waals surface area (Å²) in [4.78, 5) is 36.0. The first-order valence-corrected chi connectivity index (χ1v) is 9.00. The minimum atomic E-state index is -0.866. The molecule has 2 rings (SSSR count).